The zero-order valence-corrected chi connectivity index (χ0v) is 17.7. The van der Waals surface area contributed by atoms with Gasteiger partial charge in [0.25, 0.3) is 5.91 Å². The van der Waals surface area contributed by atoms with Gasteiger partial charge in [0.05, 0.1) is 14.2 Å². The maximum absolute atomic E-state index is 12.5. The summed E-state index contributed by atoms with van der Waals surface area (Å²) >= 11 is 5.28. The summed E-state index contributed by atoms with van der Waals surface area (Å²) in [6.45, 7) is 4.16. The molecule has 0 aromatic heterocycles. The number of methoxy groups -OCH3 is 2. The Bertz CT molecular complexity index is 865. The predicted octanol–water partition coefficient (Wildman–Crippen LogP) is 2.58. The summed E-state index contributed by atoms with van der Waals surface area (Å²) in [6, 6.07) is 13.0. The van der Waals surface area contributed by atoms with Gasteiger partial charge < -0.3 is 24.6 Å². The number of ether oxygens (including phenoxy) is 2. The first-order chi connectivity index (χ1) is 14.0. The number of benzene rings is 2. The van der Waals surface area contributed by atoms with E-state index >= 15 is 0 Å². The number of rotatable bonds is 5. The minimum Gasteiger partial charge on any atom is -0.493 e. The molecule has 2 aromatic rings. The number of anilines is 2. The van der Waals surface area contributed by atoms with Gasteiger partial charge in [0.2, 0.25) is 0 Å². The van der Waals surface area contributed by atoms with Crippen molar-refractivity contribution in [3.8, 4) is 11.5 Å². The van der Waals surface area contributed by atoms with Crippen LogP contribution in [0.1, 0.15) is 10.4 Å². The van der Waals surface area contributed by atoms with Gasteiger partial charge in [-0.15, -0.1) is 0 Å². The Kier molecular flexibility index (Phi) is 6.90. The summed E-state index contributed by atoms with van der Waals surface area (Å²) in [5.74, 6) is 0.723. The first kappa shape index (κ1) is 20.9. The molecule has 8 heteroatoms. The average molecular weight is 415 g/mol. The van der Waals surface area contributed by atoms with Crippen LogP contribution in [0, 0.1) is 0 Å². The quantitative estimate of drug-likeness (QED) is 0.729. The van der Waals surface area contributed by atoms with Gasteiger partial charge >= 0.3 is 0 Å². The third kappa shape index (κ3) is 5.36. The van der Waals surface area contributed by atoms with Crippen LogP contribution in [-0.2, 0) is 0 Å². The minimum atomic E-state index is -0.322. The number of piperazine rings is 1. The molecule has 0 atom stereocenters. The van der Waals surface area contributed by atoms with Gasteiger partial charge in [0, 0.05) is 43.1 Å². The summed E-state index contributed by atoms with van der Waals surface area (Å²) < 4.78 is 10.4. The van der Waals surface area contributed by atoms with Crippen LogP contribution in [0.2, 0.25) is 0 Å². The van der Waals surface area contributed by atoms with E-state index in [1.54, 1.807) is 25.3 Å². The molecule has 1 amide bonds. The molecule has 0 radical (unpaired) electrons. The molecular formula is C21H26N4O3S. The molecule has 1 fully saturated rings. The van der Waals surface area contributed by atoms with Crippen LogP contribution in [0.5, 0.6) is 11.5 Å². The number of carbonyl (C=O) groups is 1. The van der Waals surface area contributed by atoms with E-state index in [-0.39, 0.29) is 11.0 Å². The number of amides is 1. The lowest BCUT2D eigenvalue weighted by atomic mass is 10.2. The molecule has 2 aromatic carbocycles. The van der Waals surface area contributed by atoms with Crippen LogP contribution in [0.3, 0.4) is 0 Å². The van der Waals surface area contributed by atoms with E-state index in [9.17, 15) is 4.79 Å². The van der Waals surface area contributed by atoms with Crippen LogP contribution >= 0.6 is 12.2 Å². The fourth-order valence-corrected chi connectivity index (χ4v) is 3.35. The molecule has 0 aliphatic carbocycles. The molecule has 1 aliphatic rings. The fraction of sp³-hybridized carbons (Fsp3) is 0.333. The van der Waals surface area contributed by atoms with E-state index in [2.05, 4.69) is 39.6 Å². The number of nitrogens with one attached hydrogen (secondary N) is 2. The summed E-state index contributed by atoms with van der Waals surface area (Å²) in [4.78, 5) is 17.1. The van der Waals surface area contributed by atoms with Crippen molar-refractivity contribution in [2.45, 2.75) is 0 Å². The second-order valence-electron chi connectivity index (χ2n) is 6.82. The van der Waals surface area contributed by atoms with Gasteiger partial charge in [-0.2, -0.15) is 0 Å². The molecular weight excluding hydrogens is 388 g/mol. The molecule has 2 N–H and O–H groups in total. The zero-order chi connectivity index (χ0) is 20.8. The van der Waals surface area contributed by atoms with Crippen molar-refractivity contribution in [1.82, 2.24) is 10.2 Å². The van der Waals surface area contributed by atoms with E-state index < -0.39 is 0 Å². The van der Waals surface area contributed by atoms with Crippen LogP contribution in [0.4, 0.5) is 11.4 Å². The van der Waals surface area contributed by atoms with E-state index in [1.807, 2.05) is 12.1 Å². The SMILES string of the molecule is COc1ccc(C(=O)NC(=S)Nc2ccc(N3CCN(C)CC3)cc2)cc1OC. The lowest BCUT2D eigenvalue weighted by Crippen LogP contribution is -2.44. The smallest absolute Gasteiger partial charge is 0.257 e. The minimum absolute atomic E-state index is 0.233. The highest BCUT2D eigenvalue weighted by Gasteiger charge is 2.15. The highest BCUT2D eigenvalue weighted by atomic mass is 32.1. The molecule has 0 unspecified atom stereocenters. The predicted molar refractivity (Wildman–Crippen MR) is 119 cm³/mol. The van der Waals surface area contributed by atoms with Gasteiger partial charge in [-0.1, -0.05) is 0 Å². The first-order valence-electron chi connectivity index (χ1n) is 9.38. The molecule has 3 rings (SSSR count). The molecule has 29 heavy (non-hydrogen) atoms. The second kappa shape index (κ2) is 9.58. The Morgan fingerprint density at radius 1 is 0.966 bits per heavy atom. The number of thiocarbonyl (C=S) groups is 1. The Balaban J connectivity index is 1.57. The number of hydrogen-bond donors (Lipinski definition) is 2. The Morgan fingerprint density at radius 2 is 1.62 bits per heavy atom. The summed E-state index contributed by atoms with van der Waals surface area (Å²) in [6.07, 6.45) is 0. The van der Waals surface area contributed by atoms with E-state index in [0.717, 1.165) is 31.9 Å². The van der Waals surface area contributed by atoms with Crippen molar-refractivity contribution in [2.24, 2.45) is 0 Å². The summed E-state index contributed by atoms with van der Waals surface area (Å²) in [7, 11) is 5.21. The number of nitrogens with zero attached hydrogens (tertiary/aromatic N) is 2. The highest BCUT2D eigenvalue weighted by Crippen LogP contribution is 2.27. The monoisotopic (exact) mass is 414 g/mol. The zero-order valence-electron chi connectivity index (χ0n) is 16.9. The molecule has 0 bridgehead atoms. The average Bonchev–Trinajstić information content (AvgIpc) is 2.74. The van der Waals surface area contributed by atoms with E-state index in [0.29, 0.717) is 17.1 Å². The molecule has 7 nitrogen and oxygen atoms in total. The molecule has 1 aliphatic heterocycles. The number of carbonyl (C=O) groups excluding carboxylic acids is 1. The van der Waals surface area contributed by atoms with Crippen molar-refractivity contribution < 1.29 is 14.3 Å². The number of likely N-dealkylation sites (N-methyl/N-ethyl adjacent to an activating group) is 1. The first-order valence-corrected chi connectivity index (χ1v) is 9.79. The van der Waals surface area contributed by atoms with Crippen LogP contribution in [0.15, 0.2) is 42.5 Å². The Hall–Kier alpha value is -2.84. The van der Waals surface area contributed by atoms with Gasteiger partial charge in [0.15, 0.2) is 16.6 Å². The van der Waals surface area contributed by atoms with Crippen molar-refractivity contribution in [3.63, 3.8) is 0 Å². The van der Waals surface area contributed by atoms with Gasteiger partial charge in [-0.3, -0.25) is 10.1 Å². The lowest BCUT2D eigenvalue weighted by molar-refractivity contribution is 0.0977. The molecule has 1 saturated heterocycles. The Labute approximate surface area is 176 Å². The molecule has 0 spiro atoms. The topological polar surface area (TPSA) is 66.1 Å². The second-order valence-corrected chi connectivity index (χ2v) is 7.22. The van der Waals surface area contributed by atoms with Gasteiger partial charge in [-0.25, -0.2) is 0 Å². The number of hydrogen-bond acceptors (Lipinski definition) is 6. The Morgan fingerprint density at radius 3 is 2.24 bits per heavy atom. The van der Waals surface area contributed by atoms with E-state index in [4.69, 9.17) is 21.7 Å². The van der Waals surface area contributed by atoms with Gasteiger partial charge in [0.1, 0.15) is 0 Å². The van der Waals surface area contributed by atoms with E-state index in [1.165, 1.54) is 12.8 Å². The summed E-state index contributed by atoms with van der Waals surface area (Å²) in [5, 5.41) is 5.97. The maximum atomic E-state index is 12.5. The standard InChI is InChI=1S/C21H26N4O3S/c1-24-10-12-25(13-11-24)17-7-5-16(6-8-17)22-21(29)23-20(26)15-4-9-18(27-2)19(14-15)28-3/h4-9,14H,10-13H2,1-3H3,(H2,22,23,26,29). The lowest BCUT2D eigenvalue weighted by Gasteiger charge is -2.34. The maximum Gasteiger partial charge on any atom is 0.257 e. The third-order valence-corrected chi connectivity index (χ3v) is 5.07. The third-order valence-electron chi connectivity index (χ3n) is 4.87. The fourth-order valence-electron chi connectivity index (χ4n) is 3.14. The van der Waals surface area contributed by atoms with Crippen molar-refractivity contribution >= 4 is 34.6 Å². The molecule has 154 valence electrons. The summed E-state index contributed by atoms with van der Waals surface area (Å²) in [5.41, 5.74) is 2.43. The molecule has 0 saturated carbocycles. The van der Waals surface area contributed by atoms with Crippen LogP contribution < -0.4 is 25.0 Å². The molecule has 1 heterocycles. The highest BCUT2D eigenvalue weighted by molar-refractivity contribution is 7.80. The largest absolute Gasteiger partial charge is 0.493 e. The van der Waals surface area contributed by atoms with Crippen molar-refractivity contribution in [3.05, 3.63) is 48.0 Å². The normalized spacial score (nSPS) is 14.2. The van der Waals surface area contributed by atoms with Crippen LogP contribution in [0.25, 0.3) is 0 Å². The van der Waals surface area contributed by atoms with Gasteiger partial charge in [-0.05, 0) is 61.7 Å². The van der Waals surface area contributed by atoms with Crippen molar-refractivity contribution in [2.75, 3.05) is 57.7 Å². The van der Waals surface area contributed by atoms with Crippen LogP contribution in [-0.4, -0.2) is 63.4 Å². The van der Waals surface area contributed by atoms with Crippen molar-refractivity contribution in [1.29, 1.82) is 0 Å².